The van der Waals surface area contributed by atoms with Crippen molar-refractivity contribution < 1.29 is 23.9 Å². The van der Waals surface area contributed by atoms with Gasteiger partial charge in [-0.05, 0) is 69.2 Å². The average Bonchev–Trinajstić information content (AvgIpc) is 3.08. The van der Waals surface area contributed by atoms with Gasteiger partial charge in [0, 0.05) is 10.6 Å². The van der Waals surface area contributed by atoms with Crippen LogP contribution in [-0.2, 0) is 9.59 Å². The highest BCUT2D eigenvalue weighted by molar-refractivity contribution is 6.36. The van der Waals surface area contributed by atoms with Crippen LogP contribution in [-0.4, -0.2) is 46.7 Å². The molecule has 182 valence electrons. The molecule has 0 bridgehead atoms. The fraction of sp³-hybridized carbons (Fsp3) is 0.308. The molecule has 2 aromatic rings. The molecular formula is C26H24Cl2N2O5. The van der Waals surface area contributed by atoms with Gasteiger partial charge in [-0.25, -0.2) is 5.01 Å². The van der Waals surface area contributed by atoms with E-state index in [9.17, 15) is 19.2 Å². The van der Waals surface area contributed by atoms with Crippen molar-refractivity contribution in [2.75, 3.05) is 7.11 Å². The Kier molecular flexibility index (Phi) is 7.01. The SMILES string of the molecule is COc1ccc(C(=O)[C@H](C)N(C(=O)c2ccc(Cl)cc2Cl)N2C(=O)[C@H]3CC=C(C)C[C@@H]3C2=O)cc1. The second-order valence-corrected chi connectivity index (χ2v) is 9.58. The first-order valence-corrected chi connectivity index (χ1v) is 11.9. The van der Waals surface area contributed by atoms with Crippen LogP contribution < -0.4 is 4.74 Å². The number of carbonyl (C=O) groups is 4. The van der Waals surface area contributed by atoms with E-state index >= 15 is 0 Å². The lowest BCUT2D eigenvalue weighted by Gasteiger charge is -2.35. The predicted octanol–water partition coefficient (Wildman–Crippen LogP) is 4.97. The normalized spacial score (nSPS) is 20.3. The van der Waals surface area contributed by atoms with Gasteiger partial charge in [-0.2, -0.15) is 5.01 Å². The molecule has 1 aliphatic carbocycles. The molecule has 0 N–H and O–H groups in total. The number of Topliss-reactive ketones (excluding diaryl/α,β-unsaturated/α-hetero) is 1. The number of hydrazine groups is 1. The second-order valence-electron chi connectivity index (χ2n) is 8.73. The Morgan fingerprint density at radius 1 is 1.06 bits per heavy atom. The van der Waals surface area contributed by atoms with Crippen molar-refractivity contribution in [1.82, 2.24) is 10.0 Å². The van der Waals surface area contributed by atoms with Crippen molar-refractivity contribution in [3.8, 4) is 5.75 Å². The molecule has 7 nitrogen and oxygen atoms in total. The summed E-state index contributed by atoms with van der Waals surface area (Å²) >= 11 is 12.3. The highest BCUT2D eigenvalue weighted by atomic mass is 35.5. The quantitative estimate of drug-likeness (QED) is 0.308. The van der Waals surface area contributed by atoms with E-state index in [-0.39, 0.29) is 10.6 Å². The summed E-state index contributed by atoms with van der Waals surface area (Å²) in [4.78, 5) is 54.1. The molecule has 1 heterocycles. The maximum absolute atomic E-state index is 13.8. The van der Waals surface area contributed by atoms with Gasteiger partial charge < -0.3 is 4.74 Å². The number of rotatable bonds is 6. The Hall–Kier alpha value is -3.16. The van der Waals surface area contributed by atoms with E-state index < -0.39 is 41.4 Å². The van der Waals surface area contributed by atoms with E-state index in [0.717, 1.165) is 15.6 Å². The summed E-state index contributed by atoms with van der Waals surface area (Å²) in [7, 11) is 1.51. The molecule has 0 saturated carbocycles. The van der Waals surface area contributed by atoms with Crippen LogP contribution in [0.15, 0.2) is 54.1 Å². The third-order valence-electron chi connectivity index (χ3n) is 6.51. The van der Waals surface area contributed by atoms with E-state index in [1.54, 1.807) is 24.3 Å². The van der Waals surface area contributed by atoms with Crippen molar-refractivity contribution in [3.63, 3.8) is 0 Å². The van der Waals surface area contributed by atoms with Gasteiger partial charge in [-0.15, -0.1) is 0 Å². The van der Waals surface area contributed by atoms with Gasteiger partial charge >= 0.3 is 0 Å². The fourth-order valence-electron chi connectivity index (χ4n) is 4.57. The molecule has 1 saturated heterocycles. The lowest BCUT2D eigenvalue weighted by molar-refractivity contribution is -0.156. The van der Waals surface area contributed by atoms with Crippen molar-refractivity contribution in [2.24, 2.45) is 11.8 Å². The Morgan fingerprint density at radius 3 is 2.34 bits per heavy atom. The topological polar surface area (TPSA) is 84.0 Å². The highest BCUT2D eigenvalue weighted by Crippen LogP contribution is 2.39. The van der Waals surface area contributed by atoms with Crippen LogP contribution in [0, 0.1) is 11.8 Å². The van der Waals surface area contributed by atoms with Crippen molar-refractivity contribution >= 4 is 46.7 Å². The molecule has 0 radical (unpaired) electrons. The lowest BCUT2D eigenvalue weighted by atomic mass is 9.82. The van der Waals surface area contributed by atoms with Gasteiger partial charge in [0.05, 0.1) is 29.5 Å². The molecule has 35 heavy (non-hydrogen) atoms. The van der Waals surface area contributed by atoms with Crippen molar-refractivity contribution in [2.45, 2.75) is 32.7 Å². The van der Waals surface area contributed by atoms with Crippen LogP contribution in [0.25, 0.3) is 0 Å². The molecule has 2 aliphatic rings. The van der Waals surface area contributed by atoms with E-state index in [1.807, 2.05) is 13.0 Å². The Balaban J connectivity index is 1.76. The van der Waals surface area contributed by atoms with E-state index in [2.05, 4.69) is 0 Å². The number of methoxy groups -OCH3 is 1. The predicted molar refractivity (Wildman–Crippen MR) is 131 cm³/mol. The second kappa shape index (κ2) is 9.84. The number of ketones is 1. The van der Waals surface area contributed by atoms with Crippen LogP contribution in [0.5, 0.6) is 5.75 Å². The number of hydrogen-bond donors (Lipinski definition) is 0. The van der Waals surface area contributed by atoms with E-state index in [4.69, 9.17) is 27.9 Å². The minimum atomic E-state index is -1.18. The van der Waals surface area contributed by atoms with Crippen LogP contribution in [0.4, 0.5) is 0 Å². The zero-order chi connectivity index (χ0) is 25.4. The number of amides is 3. The molecule has 1 aliphatic heterocycles. The maximum atomic E-state index is 13.8. The van der Waals surface area contributed by atoms with Crippen LogP contribution >= 0.6 is 23.2 Å². The first kappa shape index (κ1) is 24.9. The largest absolute Gasteiger partial charge is 0.497 e. The molecule has 2 aromatic carbocycles. The summed E-state index contributed by atoms with van der Waals surface area (Å²) in [6, 6.07) is 9.49. The number of halogens is 2. The molecule has 0 spiro atoms. The first-order chi connectivity index (χ1) is 16.6. The minimum Gasteiger partial charge on any atom is -0.497 e. The number of hydrogen-bond acceptors (Lipinski definition) is 5. The summed E-state index contributed by atoms with van der Waals surface area (Å²) in [5, 5.41) is 2.16. The summed E-state index contributed by atoms with van der Waals surface area (Å²) in [6.07, 6.45) is 2.77. The molecule has 9 heteroatoms. The molecule has 3 atom stereocenters. The number of carbonyl (C=O) groups excluding carboxylic acids is 4. The standard InChI is InChI=1S/C26H24Cl2N2O5/c1-14-4-10-19-21(12-14)26(34)30(24(19)32)29(25(33)20-11-7-17(27)13-22(20)28)15(2)23(31)16-5-8-18(35-3)9-6-16/h4-9,11,13,15,19,21H,10,12H2,1-3H3/t15-,19-,21-/m0/s1. The molecular weight excluding hydrogens is 491 g/mol. The number of imide groups is 1. The summed E-state index contributed by atoms with van der Waals surface area (Å²) in [5.74, 6) is -2.79. The zero-order valence-electron chi connectivity index (χ0n) is 19.5. The molecule has 3 amide bonds. The monoisotopic (exact) mass is 514 g/mol. The summed E-state index contributed by atoms with van der Waals surface area (Å²) < 4.78 is 5.14. The maximum Gasteiger partial charge on any atom is 0.275 e. The first-order valence-electron chi connectivity index (χ1n) is 11.1. The third-order valence-corrected chi connectivity index (χ3v) is 7.05. The highest BCUT2D eigenvalue weighted by Gasteiger charge is 2.53. The average molecular weight is 515 g/mol. The Bertz CT molecular complexity index is 1240. The smallest absolute Gasteiger partial charge is 0.275 e. The number of benzene rings is 2. The Labute approximate surface area is 213 Å². The third kappa shape index (κ3) is 4.58. The van der Waals surface area contributed by atoms with Crippen molar-refractivity contribution in [1.29, 1.82) is 0 Å². The van der Waals surface area contributed by atoms with Gasteiger partial charge in [0.2, 0.25) is 0 Å². The van der Waals surface area contributed by atoms with E-state index in [1.165, 1.54) is 32.2 Å². The zero-order valence-corrected chi connectivity index (χ0v) is 21.0. The summed E-state index contributed by atoms with van der Waals surface area (Å²) in [5.41, 5.74) is 1.33. The van der Waals surface area contributed by atoms with Crippen LogP contribution in [0.2, 0.25) is 10.0 Å². The van der Waals surface area contributed by atoms with Gasteiger partial charge in [-0.3, -0.25) is 19.2 Å². The molecule has 1 fully saturated rings. The number of fused-ring (bicyclic) bond motifs is 1. The van der Waals surface area contributed by atoms with Crippen molar-refractivity contribution in [3.05, 3.63) is 75.3 Å². The molecule has 0 unspecified atom stereocenters. The minimum absolute atomic E-state index is 0.0234. The fourth-order valence-corrected chi connectivity index (χ4v) is 5.06. The lowest BCUT2D eigenvalue weighted by Crippen LogP contribution is -2.56. The van der Waals surface area contributed by atoms with Crippen LogP contribution in [0.3, 0.4) is 0 Å². The molecule has 4 rings (SSSR count). The number of ether oxygens (including phenoxy) is 1. The number of nitrogens with zero attached hydrogens (tertiary/aromatic N) is 2. The summed E-state index contributed by atoms with van der Waals surface area (Å²) in [6.45, 7) is 3.39. The number of allylic oxidation sites excluding steroid dienone is 2. The van der Waals surface area contributed by atoms with Crippen LogP contribution in [0.1, 0.15) is 47.4 Å². The van der Waals surface area contributed by atoms with Gasteiger partial charge in [0.15, 0.2) is 5.78 Å². The molecule has 0 aromatic heterocycles. The Morgan fingerprint density at radius 2 is 1.71 bits per heavy atom. The van der Waals surface area contributed by atoms with E-state index in [0.29, 0.717) is 29.2 Å². The van der Waals surface area contributed by atoms with Gasteiger partial charge in [0.25, 0.3) is 17.7 Å². The van der Waals surface area contributed by atoms with Gasteiger partial charge in [-0.1, -0.05) is 34.9 Å². The van der Waals surface area contributed by atoms with Gasteiger partial charge in [0.1, 0.15) is 11.8 Å².